The molecule has 1 unspecified atom stereocenters. The van der Waals surface area contributed by atoms with Gasteiger partial charge in [0.2, 0.25) is 17.6 Å². The number of benzene rings is 3. The summed E-state index contributed by atoms with van der Waals surface area (Å²) in [6, 6.07) is 30.4. The molecule has 208 valence electrons. The molecule has 0 bridgehead atoms. The van der Waals surface area contributed by atoms with Crippen molar-refractivity contribution in [2.75, 3.05) is 0 Å². The summed E-state index contributed by atoms with van der Waals surface area (Å²) < 4.78 is 40.3. The molecule has 0 saturated carbocycles. The van der Waals surface area contributed by atoms with E-state index >= 15 is 4.39 Å². The number of hydrogen-bond donors (Lipinski definition) is 1. The van der Waals surface area contributed by atoms with Crippen LogP contribution < -0.4 is 4.74 Å². The van der Waals surface area contributed by atoms with Crippen LogP contribution in [0.2, 0.25) is 0 Å². The lowest BCUT2D eigenvalue weighted by molar-refractivity contribution is -0.251. The summed E-state index contributed by atoms with van der Waals surface area (Å²) in [6.07, 6.45) is -1.69. The lowest BCUT2D eigenvalue weighted by Gasteiger charge is -2.31. The second-order valence-electron chi connectivity index (χ2n) is 9.96. The first kappa shape index (κ1) is 27.9. The maximum Gasteiger partial charge on any atom is 0.227 e. The number of pyridine rings is 1. The molecule has 0 amide bonds. The van der Waals surface area contributed by atoms with E-state index in [9.17, 15) is 5.11 Å². The third-order valence-electron chi connectivity index (χ3n) is 7.07. The van der Waals surface area contributed by atoms with Gasteiger partial charge >= 0.3 is 0 Å². The van der Waals surface area contributed by atoms with Crippen molar-refractivity contribution in [3.05, 3.63) is 131 Å². The normalized spacial score (nSPS) is 22.4. The average Bonchev–Trinajstić information content (AvgIpc) is 3.27. The summed E-state index contributed by atoms with van der Waals surface area (Å²) in [6.45, 7) is 4.41. The maximum absolute atomic E-state index is 15.7. The Hall–Kier alpha value is -3.62. The standard InChI is InChI=1S/C33H34FNO5/c1-3-28-29(37-20-24-13-7-4-8-14-24)30(38-21-25-15-9-5-10-16-25)33(36,40-28)27-19-23(2)32(35-31(27)34)39-22-26-17-11-6-12-18-26/h4-19,28-30,36H,3,20-22H2,1-2H3/t28-,29?,30+,33+/m1/s1. The zero-order chi connectivity index (χ0) is 28.0. The molecule has 1 aromatic heterocycles. The second kappa shape index (κ2) is 12.7. The minimum atomic E-state index is -2.13. The molecule has 1 fully saturated rings. The van der Waals surface area contributed by atoms with Gasteiger partial charge in [0, 0.05) is 5.56 Å². The van der Waals surface area contributed by atoms with Gasteiger partial charge in [0.1, 0.15) is 18.8 Å². The van der Waals surface area contributed by atoms with Gasteiger partial charge in [-0.3, -0.25) is 0 Å². The van der Waals surface area contributed by atoms with Crippen LogP contribution in [0.3, 0.4) is 0 Å². The van der Waals surface area contributed by atoms with Gasteiger partial charge in [0.15, 0.2) is 0 Å². The van der Waals surface area contributed by atoms with Gasteiger partial charge < -0.3 is 24.1 Å². The SMILES string of the molecule is CC[C@H]1O[C@@](O)(c2cc(C)c(OCc3ccccc3)nc2F)[C@@H](OCc2ccccc2)C1OCc1ccccc1. The first-order chi connectivity index (χ1) is 19.5. The van der Waals surface area contributed by atoms with E-state index in [0.29, 0.717) is 18.6 Å². The van der Waals surface area contributed by atoms with Gasteiger partial charge in [-0.05, 0) is 36.1 Å². The van der Waals surface area contributed by atoms with Gasteiger partial charge in [-0.1, -0.05) is 97.9 Å². The highest BCUT2D eigenvalue weighted by Crippen LogP contribution is 2.44. The molecule has 0 aliphatic carbocycles. The van der Waals surface area contributed by atoms with Crippen molar-refractivity contribution >= 4 is 0 Å². The molecule has 6 nitrogen and oxygen atoms in total. The van der Waals surface area contributed by atoms with Crippen molar-refractivity contribution in [3.8, 4) is 5.88 Å². The molecular weight excluding hydrogens is 509 g/mol. The van der Waals surface area contributed by atoms with Crippen molar-refractivity contribution in [1.82, 2.24) is 4.98 Å². The number of nitrogens with zero attached hydrogens (tertiary/aromatic N) is 1. The van der Waals surface area contributed by atoms with Crippen molar-refractivity contribution in [2.24, 2.45) is 0 Å². The molecule has 0 radical (unpaired) electrons. The number of hydrogen-bond acceptors (Lipinski definition) is 6. The topological polar surface area (TPSA) is 70.0 Å². The lowest BCUT2D eigenvalue weighted by atomic mass is 9.96. The molecule has 3 aromatic carbocycles. The van der Waals surface area contributed by atoms with E-state index < -0.39 is 30.0 Å². The quantitative estimate of drug-likeness (QED) is 0.226. The van der Waals surface area contributed by atoms with Crippen molar-refractivity contribution < 1.29 is 28.4 Å². The Balaban J connectivity index is 1.44. The molecule has 7 heteroatoms. The zero-order valence-corrected chi connectivity index (χ0v) is 22.7. The molecule has 4 atom stereocenters. The van der Waals surface area contributed by atoms with Crippen LogP contribution in [0.4, 0.5) is 4.39 Å². The Labute approximate surface area is 234 Å². The maximum atomic E-state index is 15.7. The van der Waals surface area contributed by atoms with Crippen molar-refractivity contribution in [1.29, 1.82) is 0 Å². The van der Waals surface area contributed by atoms with Crippen molar-refractivity contribution in [3.63, 3.8) is 0 Å². The van der Waals surface area contributed by atoms with Crippen LogP contribution in [0.25, 0.3) is 0 Å². The number of rotatable bonds is 11. The molecule has 5 rings (SSSR count). The third-order valence-corrected chi connectivity index (χ3v) is 7.07. The molecule has 1 saturated heterocycles. The van der Waals surface area contributed by atoms with E-state index in [1.807, 2.05) is 97.9 Å². The van der Waals surface area contributed by atoms with Crippen LogP contribution in [0.5, 0.6) is 5.88 Å². The summed E-state index contributed by atoms with van der Waals surface area (Å²) in [5.74, 6) is -2.86. The van der Waals surface area contributed by atoms with E-state index in [4.69, 9.17) is 18.9 Å². The van der Waals surface area contributed by atoms with Crippen LogP contribution in [0.1, 0.15) is 41.2 Å². The van der Waals surface area contributed by atoms with E-state index in [1.54, 1.807) is 6.92 Å². The molecular formula is C33H34FNO5. The Kier molecular flexibility index (Phi) is 8.87. The Bertz CT molecular complexity index is 1370. The van der Waals surface area contributed by atoms with E-state index in [2.05, 4.69) is 4.98 Å². The predicted octanol–water partition coefficient (Wildman–Crippen LogP) is 6.23. The van der Waals surface area contributed by atoms with Crippen LogP contribution in [-0.2, 0) is 39.8 Å². The molecule has 4 aromatic rings. The summed E-state index contributed by atoms with van der Waals surface area (Å²) in [5.41, 5.74) is 3.26. The summed E-state index contributed by atoms with van der Waals surface area (Å²) in [4.78, 5) is 4.07. The molecule has 1 N–H and O–H groups in total. The highest BCUT2D eigenvalue weighted by Gasteiger charge is 2.58. The summed E-state index contributed by atoms with van der Waals surface area (Å²) >= 11 is 0. The molecule has 1 aliphatic rings. The lowest BCUT2D eigenvalue weighted by Crippen LogP contribution is -2.44. The monoisotopic (exact) mass is 543 g/mol. The van der Waals surface area contributed by atoms with Crippen LogP contribution in [0, 0.1) is 12.9 Å². The van der Waals surface area contributed by atoms with Gasteiger partial charge in [0.25, 0.3) is 0 Å². The molecule has 2 heterocycles. The highest BCUT2D eigenvalue weighted by molar-refractivity contribution is 5.34. The smallest absolute Gasteiger partial charge is 0.227 e. The van der Waals surface area contributed by atoms with Gasteiger partial charge in [-0.25, -0.2) is 0 Å². The second-order valence-corrected chi connectivity index (χ2v) is 9.96. The van der Waals surface area contributed by atoms with E-state index in [-0.39, 0.29) is 24.7 Å². The number of aromatic nitrogens is 1. The first-order valence-electron chi connectivity index (χ1n) is 13.5. The molecule has 1 aliphatic heterocycles. The van der Waals surface area contributed by atoms with Crippen LogP contribution in [0.15, 0.2) is 97.1 Å². The highest BCUT2D eigenvalue weighted by atomic mass is 19.1. The number of aliphatic hydroxyl groups is 1. The van der Waals surface area contributed by atoms with Crippen molar-refractivity contribution in [2.45, 2.75) is 64.2 Å². The van der Waals surface area contributed by atoms with Gasteiger partial charge in [-0.15, -0.1) is 0 Å². The molecule has 0 spiro atoms. The first-order valence-corrected chi connectivity index (χ1v) is 13.5. The number of halogens is 1. The number of aryl methyl sites for hydroxylation is 1. The molecule has 40 heavy (non-hydrogen) atoms. The van der Waals surface area contributed by atoms with Crippen LogP contribution >= 0.6 is 0 Å². The van der Waals surface area contributed by atoms with Gasteiger partial charge in [-0.2, -0.15) is 9.37 Å². The minimum absolute atomic E-state index is 0.112. The zero-order valence-electron chi connectivity index (χ0n) is 22.7. The summed E-state index contributed by atoms with van der Waals surface area (Å²) in [7, 11) is 0. The summed E-state index contributed by atoms with van der Waals surface area (Å²) in [5, 5.41) is 12.0. The fraction of sp³-hybridized carbons (Fsp3) is 0.303. The Morgan fingerprint density at radius 3 is 1.90 bits per heavy atom. The largest absolute Gasteiger partial charge is 0.473 e. The van der Waals surface area contributed by atoms with Gasteiger partial charge in [0.05, 0.1) is 24.9 Å². The van der Waals surface area contributed by atoms with Crippen LogP contribution in [-0.4, -0.2) is 28.4 Å². The number of ether oxygens (including phenoxy) is 4. The Morgan fingerprint density at radius 1 is 0.825 bits per heavy atom. The fourth-order valence-electron chi connectivity index (χ4n) is 4.94. The average molecular weight is 544 g/mol. The third kappa shape index (κ3) is 6.24. The predicted molar refractivity (Wildman–Crippen MR) is 149 cm³/mol. The Morgan fingerprint density at radius 2 is 1.35 bits per heavy atom. The minimum Gasteiger partial charge on any atom is -0.473 e. The van der Waals surface area contributed by atoms with E-state index in [0.717, 1.165) is 16.7 Å². The fourth-order valence-corrected chi connectivity index (χ4v) is 4.94. The van der Waals surface area contributed by atoms with E-state index in [1.165, 1.54) is 6.07 Å².